The lowest BCUT2D eigenvalue weighted by atomic mass is 9.96. The van der Waals surface area contributed by atoms with E-state index >= 15 is 0 Å². The fourth-order valence-corrected chi connectivity index (χ4v) is 5.63. The molecule has 6 heteroatoms. The summed E-state index contributed by atoms with van der Waals surface area (Å²) in [7, 11) is 0. The van der Waals surface area contributed by atoms with Gasteiger partial charge in [0.15, 0.2) is 0 Å². The van der Waals surface area contributed by atoms with Gasteiger partial charge in [0.25, 0.3) is 5.91 Å². The molecule has 6 nitrogen and oxygen atoms in total. The van der Waals surface area contributed by atoms with Crippen LogP contribution in [0.4, 0.5) is 5.82 Å². The van der Waals surface area contributed by atoms with Gasteiger partial charge in [-0.15, -0.1) is 0 Å². The smallest absolute Gasteiger partial charge is 0.251 e. The van der Waals surface area contributed by atoms with Crippen LogP contribution in [-0.4, -0.2) is 60.2 Å². The second kappa shape index (κ2) is 11.7. The molecule has 1 aromatic heterocycles. The third kappa shape index (κ3) is 6.43. The van der Waals surface area contributed by atoms with Gasteiger partial charge in [-0.2, -0.15) is 0 Å². The van der Waals surface area contributed by atoms with Crippen molar-refractivity contribution in [1.29, 1.82) is 0 Å². The average Bonchev–Trinajstić information content (AvgIpc) is 2.90. The van der Waals surface area contributed by atoms with Crippen LogP contribution in [0.25, 0.3) is 11.1 Å². The molecule has 2 unspecified atom stereocenters. The number of nitrogens with zero attached hydrogens (tertiary/aromatic N) is 3. The molecule has 2 fully saturated rings. The van der Waals surface area contributed by atoms with Crippen LogP contribution in [0.1, 0.15) is 53.7 Å². The van der Waals surface area contributed by atoms with E-state index in [-0.39, 0.29) is 24.2 Å². The molecule has 5 rings (SSSR count). The minimum absolute atomic E-state index is 0.0170. The molecule has 3 heterocycles. The van der Waals surface area contributed by atoms with Crippen LogP contribution in [0, 0.1) is 13.8 Å². The number of aromatic nitrogens is 1. The number of morpholine rings is 1. The first-order valence-corrected chi connectivity index (χ1v) is 13.9. The Bertz CT molecular complexity index is 1220. The maximum Gasteiger partial charge on any atom is 0.251 e. The molecule has 2 aliphatic rings. The number of anilines is 1. The summed E-state index contributed by atoms with van der Waals surface area (Å²) >= 11 is 0. The Morgan fingerprint density at radius 2 is 1.68 bits per heavy atom. The molecule has 0 aliphatic carbocycles. The molecule has 2 atom stereocenters. The number of amides is 1. The van der Waals surface area contributed by atoms with Gasteiger partial charge in [0, 0.05) is 50.5 Å². The van der Waals surface area contributed by atoms with Crippen LogP contribution in [0.5, 0.6) is 0 Å². The number of carbonyl (C=O) groups is 1. The van der Waals surface area contributed by atoms with E-state index in [0.29, 0.717) is 0 Å². The van der Waals surface area contributed by atoms with Crippen LogP contribution < -0.4 is 10.2 Å². The average molecular weight is 513 g/mol. The van der Waals surface area contributed by atoms with E-state index in [1.54, 1.807) is 0 Å². The Hall–Kier alpha value is -3.22. The van der Waals surface area contributed by atoms with E-state index in [4.69, 9.17) is 9.72 Å². The number of piperidine rings is 1. The summed E-state index contributed by atoms with van der Waals surface area (Å²) in [5, 5.41) is 3.28. The summed E-state index contributed by atoms with van der Waals surface area (Å²) in [6, 6.07) is 19.0. The number of benzene rings is 2. The molecule has 2 aliphatic heterocycles. The van der Waals surface area contributed by atoms with E-state index in [1.807, 2.05) is 24.4 Å². The summed E-state index contributed by atoms with van der Waals surface area (Å²) < 4.78 is 5.85. The van der Waals surface area contributed by atoms with Gasteiger partial charge in [-0.05, 0) is 81.0 Å². The first-order valence-electron chi connectivity index (χ1n) is 13.9. The van der Waals surface area contributed by atoms with Crippen LogP contribution in [0.3, 0.4) is 0 Å². The minimum Gasteiger partial charge on any atom is -0.372 e. The van der Waals surface area contributed by atoms with Crippen molar-refractivity contribution in [3.63, 3.8) is 0 Å². The number of pyridine rings is 1. The maximum atomic E-state index is 13.1. The molecule has 0 saturated carbocycles. The third-order valence-corrected chi connectivity index (χ3v) is 7.74. The molecule has 1 amide bonds. The number of hydrogen-bond acceptors (Lipinski definition) is 5. The molecule has 2 saturated heterocycles. The fourth-order valence-electron chi connectivity index (χ4n) is 5.63. The van der Waals surface area contributed by atoms with Crippen LogP contribution in [0.15, 0.2) is 60.8 Å². The molecule has 3 aromatic rings. The molecule has 38 heavy (non-hydrogen) atoms. The highest BCUT2D eigenvalue weighted by molar-refractivity contribution is 5.96. The summed E-state index contributed by atoms with van der Waals surface area (Å²) in [4.78, 5) is 22.6. The highest BCUT2D eigenvalue weighted by Crippen LogP contribution is 2.26. The van der Waals surface area contributed by atoms with E-state index < -0.39 is 0 Å². The van der Waals surface area contributed by atoms with Gasteiger partial charge in [-0.1, -0.05) is 42.0 Å². The predicted molar refractivity (Wildman–Crippen MR) is 154 cm³/mol. The van der Waals surface area contributed by atoms with Gasteiger partial charge >= 0.3 is 0 Å². The molecule has 0 bridgehead atoms. The van der Waals surface area contributed by atoms with Gasteiger partial charge < -0.3 is 15.0 Å². The van der Waals surface area contributed by atoms with E-state index in [2.05, 4.69) is 79.2 Å². The number of likely N-dealkylation sites (tertiary alicyclic amines) is 1. The monoisotopic (exact) mass is 512 g/mol. The lowest BCUT2D eigenvalue weighted by Gasteiger charge is -2.36. The van der Waals surface area contributed by atoms with E-state index in [0.717, 1.165) is 68.1 Å². The number of carbonyl (C=O) groups excluding carboxylic acids is 1. The van der Waals surface area contributed by atoms with Gasteiger partial charge in [-0.25, -0.2) is 4.98 Å². The largest absolute Gasteiger partial charge is 0.372 e. The summed E-state index contributed by atoms with van der Waals surface area (Å²) in [5.74, 6) is 1.04. The fraction of sp³-hybridized carbons (Fsp3) is 0.438. The maximum absolute atomic E-state index is 13.1. The normalized spacial score (nSPS) is 20.9. The zero-order valence-corrected chi connectivity index (χ0v) is 23.1. The van der Waals surface area contributed by atoms with Gasteiger partial charge in [0.1, 0.15) is 5.82 Å². The Balaban J connectivity index is 1.12. The molecule has 0 radical (unpaired) electrons. The summed E-state index contributed by atoms with van der Waals surface area (Å²) in [6.07, 6.45) is 4.37. The Labute approximate surface area is 227 Å². The Morgan fingerprint density at radius 3 is 2.34 bits per heavy atom. The van der Waals surface area contributed by atoms with Crippen LogP contribution >= 0.6 is 0 Å². The van der Waals surface area contributed by atoms with Gasteiger partial charge in [-0.3, -0.25) is 9.69 Å². The third-order valence-electron chi connectivity index (χ3n) is 7.74. The van der Waals surface area contributed by atoms with Gasteiger partial charge in [0.05, 0.1) is 12.2 Å². The highest BCUT2D eigenvalue weighted by Gasteiger charge is 2.24. The van der Waals surface area contributed by atoms with Crippen molar-refractivity contribution in [2.75, 3.05) is 31.1 Å². The molecule has 0 spiro atoms. The Kier molecular flexibility index (Phi) is 8.10. The zero-order chi connectivity index (χ0) is 26.6. The first-order chi connectivity index (χ1) is 18.3. The zero-order valence-electron chi connectivity index (χ0n) is 23.1. The number of nitrogens with one attached hydrogen (secondary N) is 1. The van der Waals surface area contributed by atoms with Gasteiger partial charge in [0.2, 0.25) is 0 Å². The molecule has 1 N–H and O–H groups in total. The van der Waals surface area contributed by atoms with Crippen molar-refractivity contribution >= 4 is 11.7 Å². The van der Waals surface area contributed by atoms with Crippen molar-refractivity contribution in [3.05, 3.63) is 83.0 Å². The van der Waals surface area contributed by atoms with Crippen LogP contribution in [-0.2, 0) is 11.3 Å². The molecule has 2 aromatic carbocycles. The number of rotatable bonds is 6. The standard InChI is InChI=1S/C32H40N4O2/c1-22-5-9-27(10-6-22)30-17-28(11-7-23(30)2)32(37)34-29-13-15-35(16-14-29)21-26-8-12-31(33-18-26)36-19-24(3)38-25(4)20-36/h5-12,17-18,24-25,29H,13-16,19-21H2,1-4H3,(H,34,37). The lowest BCUT2D eigenvalue weighted by Crippen LogP contribution is -2.45. The van der Waals surface area contributed by atoms with Crippen molar-refractivity contribution < 1.29 is 9.53 Å². The SMILES string of the molecule is Cc1ccc(-c2cc(C(=O)NC3CCN(Cc4ccc(N5CC(C)OC(C)C5)nc4)CC3)ccc2C)cc1. The van der Waals surface area contributed by atoms with E-state index in [1.165, 1.54) is 16.7 Å². The number of ether oxygens (including phenoxy) is 1. The first kappa shape index (κ1) is 26.4. The van der Waals surface area contributed by atoms with E-state index in [9.17, 15) is 4.79 Å². The minimum atomic E-state index is 0.0170. The Morgan fingerprint density at radius 1 is 0.974 bits per heavy atom. The predicted octanol–water partition coefficient (Wildman–Crippen LogP) is 5.37. The van der Waals surface area contributed by atoms with Crippen molar-refractivity contribution in [3.8, 4) is 11.1 Å². The topological polar surface area (TPSA) is 57.7 Å². The molecular weight excluding hydrogens is 472 g/mol. The van der Waals surface area contributed by atoms with Crippen molar-refractivity contribution in [2.45, 2.75) is 65.3 Å². The quantitative estimate of drug-likeness (QED) is 0.481. The summed E-state index contributed by atoms with van der Waals surface area (Å²) in [5.41, 5.74) is 6.63. The van der Waals surface area contributed by atoms with Crippen molar-refractivity contribution in [2.24, 2.45) is 0 Å². The molecule has 200 valence electrons. The summed E-state index contributed by atoms with van der Waals surface area (Å²) in [6.45, 7) is 13.0. The van der Waals surface area contributed by atoms with Crippen molar-refractivity contribution in [1.82, 2.24) is 15.2 Å². The second-order valence-corrected chi connectivity index (χ2v) is 11.1. The molecular formula is C32H40N4O2. The lowest BCUT2D eigenvalue weighted by molar-refractivity contribution is -0.00546. The number of hydrogen-bond donors (Lipinski definition) is 1. The number of aryl methyl sites for hydroxylation is 2. The highest BCUT2D eigenvalue weighted by atomic mass is 16.5. The van der Waals surface area contributed by atoms with Crippen LogP contribution in [0.2, 0.25) is 0 Å². The second-order valence-electron chi connectivity index (χ2n) is 11.1.